The lowest BCUT2D eigenvalue weighted by atomic mass is 10.0. The number of sulfonamides is 1. The first-order valence-electron chi connectivity index (χ1n) is 10.0. The van der Waals surface area contributed by atoms with Gasteiger partial charge in [-0.1, -0.05) is 18.2 Å². The Hall–Kier alpha value is -3.47. The number of carbonyl (C=O) groups excluding carboxylic acids is 3. The van der Waals surface area contributed by atoms with Gasteiger partial charge in [0.25, 0.3) is 15.9 Å². The largest absolute Gasteiger partial charge is 0.338 e. The molecular weight excluding hydrogens is 439 g/mol. The first-order valence-corrected chi connectivity index (χ1v) is 11.5. The van der Waals surface area contributed by atoms with Crippen LogP contribution in [0.1, 0.15) is 23.2 Å². The smallest absolute Gasteiger partial charge is 0.324 e. The van der Waals surface area contributed by atoms with E-state index in [1.165, 1.54) is 35.2 Å². The summed E-state index contributed by atoms with van der Waals surface area (Å²) < 4.78 is 41.2. The van der Waals surface area contributed by atoms with Gasteiger partial charge in [0.05, 0.1) is 6.54 Å². The van der Waals surface area contributed by atoms with Crippen LogP contribution in [0.4, 0.5) is 14.9 Å². The molecule has 2 saturated heterocycles. The number of benzene rings is 2. The van der Waals surface area contributed by atoms with Crippen molar-refractivity contribution in [2.75, 3.05) is 24.4 Å². The van der Waals surface area contributed by atoms with E-state index in [4.69, 9.17) is 0 Å². The van der Waals surface area contributed by atoms with E-state index < -0.39 is 26.8 Å². The number of nitrogens with one attached hydrogen (secondary N) is 2. The molecule has 0 spiro atoms. The third-order valence-corrected chi connectivity index (χ3v) is 6.90. The van der Waals surface area contributed by atoms with Crippen molar-refractivity contribution < 1.29 is 27.2 Å². The fourth-order valence-corrected chi connectivity index (χ4v) is 5.03. The molecule has 0 saturated carbocycles. The van der Waals surface area contributed by atoms with Crippen molar-refractivity contribution in [3.63, 3.8) is 0 Å². The lowest BCUT2D eigenvalue weighted by Gasteiger charge is -2.35. The molecule has 4 amide bonds. The molecular formula is C21H21FN4O5S. The summed E-state index contributed by atoms with van der Waals surface area (Å²) in [7, 11) is -4.16. The highest BCUT2D eigenvalue weighted by Gasteiger charge is 2.37. The van der Waals surface area contributed by atoms with Gasteiger partial charge in [-0.2, -0.15) is 0 Å². The molecule has 168 valence electrons. The number of urea groups is 1. The van der Waals surface area contributed by atoms with Gasteiger partial charge < -0.3 is 10.2 Å². The summed E-state index contributed by atoms with van der Waals surface area (Å²) in [5, 5.41) is 2.49. The van der Waals surface area contributed by atoms with Gasteiger partial charge in [-0.05, 0) is 43.2 Å². The van der Waals surface area contributed by atoms with Crippen LogP contribution in [0.15, 0.2) is 53.4 Å². The molecule has 2 heterocycles. The summed E-state index contributed by atoms with van der Waals surface area (Å²) in [6.07, 6.45) is 0.926. The second-order valence-corrected chi connectivity index (χ2v) is 9.21. The van der Waals surface area contributed by atoms with Crippen LogP contribution in [-0.4, -0.2) is 61.7 Å². The number of likely N-dealkylation sites (tertiary alicyclic amines) is 1. The normalized spacial score (nSPS) is 17.4. The topological polar surface area (TPSA) is 116 Å². The molecule has 32 heavy (non-hydrogen) atoms. The van der Waals surface area contributed by atoms with Crippen molar-refractivity contribution in [1.82, 2.24) is 15.1 Å². The molecule has 0 aliphatic carbocycles. The van der Waals surface area contributed by atoms with E-state index in [1.807, 2.05) is 0 Å². The van der Waals surface area contributed by atoms with Crippen LogP contribution in [0.5, 0.6) is 0 Å². The minimum Gasteiger partial charge on any atom is -0.338 e. The Balaban J connectivity index is 1.44. The molecule has 0 bridgehead atoms. The highest BCUT2D eigenvalue weighted by molar-refractivity contribution is 7.92. The van der Waals surface area contributed by atoms with E-state index in [0.29, 0.717) is 25.9 Å². The van der Waals surface area contributed by atoms with Crippen molar-refractivity contribution in [1.29, 1.82) is 0 Å². The van der Waals surface area contributed by atoms with Crippen LogP contribution in [0.3, 0.4) is 0 Å². The number of anilines is 1. The molecule has 2 aliphatic rings. The number of halogens is 1. The Labute approximate surface area is 184 Å². The molecule has 0 atom stereocenters. The van der Waals surface area contributed by atoms with Gasteiger partial charge in [0, 0.05) is 30.4 Å². The minimum absolute atomic E-state index is 0.00639. The number of hydrogen-bond acceptors (Lipinski definition) is 5. The van der Waals surface area contributed by atoms with Gasteiger partial charge in [-0.3, -0.25) is 19.2 Å². The Kier molecular flexibility index (Phi) is 5.83. The molecule has 0 unspecified atom stereocenters. The molecule has 2 aromatic carbocycles. The number of rotatable bonds is 5. The molecule has 2 aromatic rings. The van der Waals surface area contributed by atoms with E-state index in [0.717, 1.165) is 12.1 Å². The summed E-state index contributed by atoms with van der Waals surface area (Å²) in [6, 6.07) is 10.3. The van der Waals surface area contributed by atoms with Crippen LogP contribution < -0.4 is 10.0 Å². The molecule has 2 N–H and O–H groups in total. The fourth-order valence-electron chi connectivity index (χ4n) is 3.90. The predicted octanol–water partition coefficient (Wildman–Crippen LogP) is 1.78. The molecule has 0 aromatic heterocycles. The van der Waals surface area contributed by atoms with Crippen molar-refractivity contribution in [2.24, 2.45) is 0 Å². The number of piperidine rings is 1. The van der Waals surface area contributed by atoms with Crippen molar-refractivity contribution >= 4 is 33.6 Å². The van der Waals surface area contributed by atoms with Gasteiger partial charge in [-0.25, -0.2) is 17.6 Å². The molecule has 9 nitrogen and oxygen atoms in total. The first-order chi connectivity index (χ1) is 15.3. The van der Waals surface area contributed by atoms with Gasteiger partial charge >= 0.3 is 6.03 Å². The number of imide groups is 1. The Morgan fingerprint density at radius 3 is 2.44 bits per heavy atom. The van der Waals surface area contributed by atoms with Gasteiger partial charge in [-0.15, -0.1) is 0 Å². The van der Waals surface area contributed by atoms with Crippen LogP contribution in [0.2, 0.25) is 0 Å². The van der Waals surface area contributed by atoms with Crippen molar-refractivity contribution in [3.05, 3.63) is 59.9 Å². The predicted molar refractivity (Wildman–Crippen MR) is 113 cm³/mol. The van der Waals surface area contributed by atoms with E-state index in [1.54, 1.807) is 11.0 Å². The standard InChI is InChI=1S/C21H21FN4O5S/c22-17-6-1-2-7-18(17)32(30,31)24-15-5-3-4-14(12-15)20(28)25-10-8-16(9-11-25)26-19(27)13-23-21(26)29/h1-7,12,16,24H,8-11,13H2,(H,23,29). The Bertz CT molecular complexity index is 1160. The van der Waals surface area contributed by atoms with Gasteiger partial charge in [0.1, 0.15) is 10.7 Å². The molecule has 11 heteroatoms. The fraction of sp³-hybridized carbons (Fsp3) is 0.286. The molecule has 0 radical (unpaired) electrons. The Morgan fingerprint density at radius 1 is 1.06 bits per heavy atom. The maximum absolute atomic E-state index is 13.9. The van der Waals surface area contributed by atoms with Crippen LogP contribution >= 0.6 is 0 Å². The molecule has 2 aliphatic heterocycles. The van der Waals surface area contributed by atoms with Crippen LogP contribution in [-0.2, 0) is 14.8 Å². The quantitative estimate of drug-likeness (QED) is 0.660. The summed E-state index contributed by atoms with van der Waals surface area (Å²) in [6.45, 7) is 0.699. The zero-order valence-corrected chi connectivity index (χ0v) is 17.8. The summed E-state index contributed by atoms with van der Waals surface area (Å²) >= 11 is 0. The highest BCUT2D eigenvalue weighted by atomic mass is 32.2. The number of hydrogen-bond donors (Lipinski definition) is 2. The lowest BCUT2D eigenvalue weighted by molar-refractivity contribution is -0.127. The lowest BCUT2D eigenvalue weighted by Crippen LogP contribution is -2.49. The summed E-state index contributed by atoms with van der Waals surface area (Å²) in [5.41, 5.74) is 0.403. The van der Waals surface area contributed by atoms with Crippen LogP contribution in [0, 0.1) is 5.82 Å². The maximum Gasteiger partial charge on any atom is 0.324 e. The molecule has 2 fully saturated rings. The zero-order chi connectivity index (χ0) is 22.9. The second-order valence-electron chi connectivity index (χ2n) is 7.56. The van der Waals surface area contributed by atoms with E-state index in [2.05, 4.69) is 10.0 Å². The Morgan fingerprint density at radius 2 is 1.78 bits per heavy atom. The average molecular weight is 460 g/mol. The first kappa shape index (κ1) is 21.8. The monoisotopic (exact) mass is 460 g/mol. The third kappa shape index (κ3) is 4.28. The second kappa shape index (κ2) is 8.58. The SMILES string of the molecule is O=C(c1cccc(NS(=O)(=O)c2ccccc2F)c1)N1CCC(N2C(=O)CNC2=O)CC1. The third-order valence-electron chi connectivity index (χ3n) is 5.48. The van der Waals surface area contributed by atoms with Crippen molar-refractivity contribution in [3.8, 4) is 0 Å². The summed E-state index contributed by atoms with van der Waals surface area (Å²) in [5.74, 6) is -1.44. The maximum atomic E-state index is 13.9. The number of nitrogens with zero attached hydrogens (tertiary/aromatic N) is 2. The van der Waals surface area contributed by atoms with E-state index in [-0.39, 0.29) is 35.7 Å². The average Bonchev–Trinajstić information content (AvgIpc) is 3.11. The molecule has 4 rings (SSSR count). The van der Waals surface area contributed by atoms with Gasteiger partial charge in [0.2, 0.25) is 5.91 Å². The summed E-state index contributed by atoms with van der Waals surface area (Å²) in [4.78, 5) is 39.0. The zero-order valence-electron chi connectivity index (χ0n) is 17.0. The number of amides is 4. The minimum atomic E-state index is -4.16. The van der Waals surface area contributed by atoms with Crippen molar-refractivity contribution in [2.45, 2.75) is 23.8 Å². The van der Waals surface area contributed by atoms with Crippen LogP contribution in [0.25, 0.3) is 0 Å². The highest BCUT2D eigenvalue weighted by Crippen LogP contribution is 2.23. The number of carbonyl (C=O) groups is 3. The van der Waals surface area contributed by atoms with E-state index >= 15 is 0 Å². The van der Waals surface area contributed by atoms with Gasteiger partial charge in [0.15, 0.2) is 0 Å². The van der Waals surface area contributed by atoms with E-state index in [9.17, 15) is 27.2 Å².